The van der Waals surface area contributed by atoms with Gasteiger partial charge in [-0.1, -0.05) is 19.9 Å². The van der Waals surface area contributed by atoms with Crippen molar-refractivity contribution >= 4 is 11.3 Å². The first-order valence-electron chi connectivity index (χ1n) is 7.39. The van der Waals surface area contributed by atoms with Gasteiger partial charge in [0.05, 0.1) is 0 Å². The second-order valence-corrected chi connectivity index (χ2v) is 6.79. The average Bonchev–Trinajstić information content (AvgIpc) is 2.91. The average molecular weight is 304 g/mol. The van der Waals surface area contributed by atoms with Crippen molar-refractivity contribution < 1.29 is 4.74 Å². The molecule has 0 fully saturated rings. The molecule has 1 N–H and O–H groups in total. The Morgan fingerprint density at radius 1 is 1.33 bits per heavy atom. The molecule has 3 nitrogen and oxygen atoms in total. The van der Waals surface area contributed by atoms with Gasteiger partial charge in [-0.3, -0.25) is 0 Å². The molecule has 0 aliphatic carbocycles. The summed E-state index contributed by atoms with van der Waals surface area (Å²) in [7, 11) is 0. The van der Waals surface area contributed by atoms with Crippen LogP contribution in [-0.2, 0) is 13.2 Å². The van der Waals surface area contributed by atoms with Gasteiger partial charge in [-0.2, -0.15) is 0 Å². The Hall–Kier alpha value is -1.39. The van der Waals surface area contributed by atoms with Gasteiger partial charge in [-0.25, -0.2) is 4.98 Å². The van der Waals surface area contributed by atoms with Crippen molar-refractivity contribution in [3.8, 4) is 5.88 Å². The SMILES string of the molecule is Cc1cc(C)c(CNCC(C)C)c(OCc2cccs2)n1. The molecule has 0 saturated carbocycles. The quantitative estimate of drug-likeness (QED) is 0.837. The summed E-state index contributed by atoms with van der Waals surface area (Å²) < 4.78 is 5.96. The standard InChI is InChI=1S/C17H24N2OS/c1-12(2)9-18-10-16-13(3)8-14(4)19-17(16)20-11-15-6-5-7-21-15/h5-8,12,18H,9-11H2,1-4H3. The second-order valence-electron chi connectivity index (χ2n) is 5.76. The van der Waals surface area contributed by atoms with Gasteiger partial charge in [0.25, 0.3) is 0 Å². The molecule has 2 aromatic rings. The van der Waals surface area contributed by atoms with E-state index in [1.54, 1.807) is 11.3 Å². The van der Waals surface area contributed by atoms with Gasteiger partial charge in [0.15, 0.2) is 0 Å². The number of hydrogen-bond donors (Lipinski definition) is 1. The molecule has 2 heterocycles. The fraction of sp³-hybridized carbons (Fsp3) is 0.471. The lowest BCUT2D eigenvalue weighted by Gasteiger charge is -2.15. The van der Waals surface area contributed by atoms with Crippen LogP contribution in [0.25, 0.3) is 0 Å². The summed E-state index contributed by atoms with van der Waals surface area (Å²) in [6, 6.07) is 6.25. The maximum absolute atomic E-state index is 5.96. The van der Waals surface area contributed by atoms with E-state index in [1.165, 1.54) is 10.4 Å². The van der Waals surface area contributed by atoms with Crippen molar-refractivity contribution in [2.45, 2.75) is 40.8 Å². The van der Waals surface area contributed by atoms with E-state index in [-0.39, 0.29) is 0 Å². The van der Waals surface area contributed by atoms with Crippen molar-refractivity contribution in [1.82, 2.24) is 10.3 Å². The molecule has 0 atom stereocenters. The smallest absolute Gasteiger partial charge is 0.218 e. The summed E-state index contributed by atoms with van der Waals surface area (Å²) in [5, 5.41) is 5.55. The predicted octanol–water partition coefficient (Wildman–Crippen LogP) is 4.08. The highest BCUT2D eigenvalue weighted by molar-refractivity contribution is 7.09. The molecule has 2 rings (SSSR count). The number of pyridine rings is 1. The van der Waals surface area contributed by atoms with E-state index in [9.17, 15) is 0 Å². The van der Waals surface area contributed by atoms with E-state index in [2.05, 4.69) is 48.6 Å². The fourth-order valence-corrected chi connectivity index (χ4v) is 2.80. The summed E-state index contributed by atoms with van der Waals surface area (Å²) in [6.07, 6.45) is 0. The summed E-state index contributed by atoms with van der Waals surface area (Å²) in [6.45, 7) is 10.9. The Bertz CT molecular complexity index is 564. The van der Waals surface area contributed by atoms with Crippen LogP contribution >= 0.6 is 11.3 Å². The molecule has 4 heteroatoms. The van der Waals surface area contributed by atoms with E-state index in [1.807, 2.05) is 13.0 Å². The monoisotopic (exact) mass is 304 g/mol. The first kappa shape index (κ1) is 16.0. The molecule has 0 radical (unpaired) electrons. The normalized spacial score (nSPS) is 11.1. The summed E-state index contributed by atoms with van der Waals surface area (Å²) in [5.41, 5.74) is 3.40. The minimum atomic E-state index is 0.588. The molecular formula is C17H24N2OS. The Morgan fingerprint density at radius 2 is 2.14 bits per heavy atom. The fourth-order valence-electron chi connectivity index (χ4n) is 2.18. The lowest BCUT2D eigenvalue weighted by Crippen LogP contribution is -2.20. The molecule has 21 heavy (non-hydrogen) atoms. The highest BCUT2D eigenvalue weighted by Gasteiger charge is 2.11. The van der Waals surface area contributed by atoms with Gasteiger partial charge >= 0.3 is 0 Å². The number of nitrogens with one attached hydrogen (secondary N) is 1. The van der Waals surface area contributed by atoms with E-state index < -0.39 is 0 Å². The van der Waals surface area contributed by atoms with Crippen molar-refractivity contribution in [3.63, 3.8) is 0 Å². The van der Waals surface area contributed by atoms with Gasteiger partial charge in [0.1, 0.15) is 6.61 Å². The van der Waals surface area contributed by atoms with Gasteiger partial charge in [0.2, 0.25) is 5.88 Å². The molecular weight excluding hydrogens is 280 g/mol. The number of nitrogens with zero attached hydrogens (tertiary/aromatic N) is 1. The van der Waals surface area contributed by atoms with E-state index in [0.29, 0.717) is 12.5 Å². The molecule has 0 amide bonds. The molecule has 0 bridgehead atoms. The Labute approximate surface area is 131 Å². The Morgan fingerprint density at radius 3 is 2.81 bits per heavy atom. The highest BCUT2D eigenvalue weighted by Crippen LogP contribution is 2.22. The number of thiophene rings is 1. The zero-order chi connectivity index (χ0) is 15.2. The molecule has 0 saturated heterocycles. The number of aromatic nitrogens is 1. The lowest BCUT2D eigenvalue weighted by atomic mass is 10.1. The molecule has 0 spiro atoms. The van der Waals surface area contributed by atoms with Gasteiger partial charge in [-0.15, -0.1) is 11.3 Å². The van der Waals surface area contributed by atoms with Crippen LogP contribution < -0.4 is 10.1 Å². The minimum Gasteiger partial charge on any atom is -0.472 e. The molecule has 0 aromatic carbocycles. The van der Waals surface area contributed by atoms with Gasteiger partial charge in [-0.05, 0) is 49.4 Å². The summed E-state index contributed by atoms with van der Waals surface area (Å²) in [4.78, 5) is 5.79. The van der Waals surface area contributed by atoms with Crippen LogP contribution in [0.2, 0.25) is 0 Å². The van der Waals surface area contributed by atoms with Crippen molar-refractivity contribution in [1.29, 1.82) is 0 Å². The number of ether oxygens (including phenoxy) is 1. The maximum atomic E-state index is 5.96. The van der Waals surface area contributed by atoms with Crippen molar-refractivity contribution in [3.05, 3.63) is 45.3 Å². The third-order valence-electron chi connectivity index (χ3n) is 3.22. The van der Waals surface area contributed by atoms with Gasteiger partial charge < -0.3 is 10.1 Å². The molecule has 2 aromatic heterocycles. The Kier molecular flexibility index (Phi) is 5.76. The highest BCUT2D eigenvalue weighted by atomic mass is 32.1. The lowest BCUT2D eigenvalue weighted by molar-refractivity contribution is 0.291. The molecule has 0 aliphatic rings. The third-order valence-corrected chi connectivity index (χ3v) is 4.07. The molecule has 0 unspecified atom stereocenters. The van der Waals surface area contributed by atoms with E-state index >= 15 is 0 Å². The topological polar surface area (TPSA) is 34.1 Å². The summed E-state index contributed by atoms with van der Waals surface area (Å²) >= 11 is 1.71. The van der Waals surface area contributed by atoms with Crippen LogP contribution in [-0.4, -0.2) is 11.5 Å². The van der Waals surface area contributed by atoms with E-state index in [0.717, 1.165) is 30.2 Å². The van der Waals surface area contributed by atoms with Crippen LogP contribution in [0.5, 0.6) is 5.88 Å². The number of rotatable bonds is 7. The molecule has 0 aliphatic heterocycles. The number of aryl methyl sites for hydroxylation is 2. The number of hydrogen-bond acceptors (Lipinski definition) is 4. The molecule has 114 valence electrons. The van der Waals surface area contributed by atoms with Crippen LogP contribution in [0.1, 0.15) is 35.5 Å². The first-order valence-corrected chi connectivity index (χ1v) is 8.27. The first-order chi connectivity index (χ1) is 10.1. The minimum absolute atomic E-state index is 0.588. The van der Waals surface area contributed by atoms with Crippen LogP contribution in [0.4, 0.5) is 0 Å². The third kappa shape index (κ3) is 4.83. The van der Waals surface area contributed by atoms with Crippen LogP contribution in [0, 0.1) is 19.8 Å². The maximum Gasteiger partial charge on any atom is 0.218 e. The zero-order valence-electron chi connectivity index (χ0n) is 13.3. The van der Waals surface area contributed by atoms with Crippen LogP contribution in [0.3, 0.4) is 0 Å². The second kappa shape index (κ2) is 7.57. The van der Waals surface area contributed by atoms with Gasteiger partial charge in [0, 0.05) is 22.7 Å². The van der Waals surface area contributed by atoms with E-state index in [4.69, 9.17) is 4.74 Å². The van der Waals surface area contributed by atoms with Crippen molar-refractivity contribution in [2.75, 3.05) is 6.54 Å². The zero-order valence-corrected chi connectivity index (χ0v) is 14.1. The Balaban J connectivity index is 2.09. The van der Waals surface area contributed by atoms with Crippen LogP contribution in [0.15, 0.2) is 23.6 Å². The largest absolute Gasteiger partial charge is 0.472 e. The summed E-state index contributed by atoms with van der Waals surface area (Å²) in [5.74, 6) is 1.40. The predicted molar refractivity (Wildman–Crippen MR) is 88.9 cm³/mol. The van der Waals surface area contributed by atoms with Crippen molar-refractivity contribution in [2.24, 2.45) is 5.92 Å².